The summed E-state index contributed by atoms with van der Waals surface area (Å²) >= 11 is 0. The number of carbonyl (C=O) groups is 1. The number of anilines is 2. The van der Waals surface area contributed by atoms with Gasteiger partial charge in [0.1, 0.15) is 0 Å². The van der Waals surface area contributed by atoms with Crippen LogP contribution in [0.3, 0.4) is 0 Å². The van der Waals surface area contributed by atoms with E-state index in [1.54, 1.807) is 12.1 Å². The second kappa shape index (κ2) is 4.43. The molecule has 0 saturated heterocycles. The van der Waals surface area contributed by atoms with Gasteiger partial charge in [0, 0.05) is 23.0 Å². The molecule has 3 nitrogen and oxygen atoms in total. The van der Waals surface area contributed by atoms with Crippen LogP contribution in [-0.2, 0) is 6.42 Å². The zero-order chi connectivity index (χ0) is 13.4. The number of nitrogens with zero attached hydrogens (tertiary/aromatic N) is 1. The lowest BCUT2D eigenvalue weighted by atomic mass is 10.1. The lowest BCUT2D eigenvalue weighted by Crippen LogP contribution is -2.35. The first kappa shape index (κ1) is 11.8. The van der Waals surface area contributed by atoms with Crippen molar-refractivity contribution in [2.75, 3.05) is 10.6 Å². The molecule has 2 N–H and O–H groups in total. The van der Waals surface area contributed by atoms with Crippen molar-refractivity contribution in [2.45, 2.75) is 19.4 Å². The molecule has 1 heterocycles. The van der Waals surface area contributed by atoms with E-state index in [4.69, 9.17) is 5.73 Å². The summed E-state index contributed by atoms with van der Waals surface area (Å²) < 4.78 is 0. The average Bonchev–Trinajstić information content (AvgIpc) is 2.74. The van der Waals surface area contributed by atoms with Crippen molar-refractivity contribution in [1.82, 2.24) is 0 Å². The lowest BCUT2D eigenvalue weighted by molar-refractivity contribution is 0.0981. The van der Waals surface area contributed by atoms with Gasteiger partial charge in [-0.2, -0.15) is 0 Å². The summed E-state index contributed by atoms with van der Waals surface area (Å²) in [5.41, 5.74) is 9.26. The van der Waals surface area contributed by atoms with Crippen LogP contribution < -0.4 is 10.6 Å². The molecule has 19 heavy (non-hydrogen) atoms. The molecule has 0 radical (unpaired) electrons. The largest absolute Gasteiger partial charge is 0.399 e. The highest BCUT2D eigenvalue weighted by Crippen LogP contribution is 2.33. The van der Waals surface area contributed by atoms with Crippen molar-refractivity contribution in [3.8, 4) is 0 Å². The Balaban J connectivity index is 2.01. The standard InChI is InChI=1S/C16H16N2O/c1-11-9-12-5-2-3-8-15(12)18(11)16(19)13-6-4-7-14(17)10-13/h2-8,10-11H,9,17H2,1H3. The number of carbonyl (C=O) groups excluding carboxylic acids is 1. The fraction of sp³-hybridized carbons (Fsp3) is 0.188. The average molecular weight is 252 g/mol. The minimum atomic E-state index is 0.0183. The summed E-state index contributed by atoms with van der Waals surface area (Å²) in [7, 11) is 0. The van der Waals surface area contributed by atoms with Crippen LogP contribution in [0.15, 0.2) is 48.5 Å². The number of para-hydroxylation sites is 1. The van der Waals surface area contributed by atoms with E-state index in [2.05, 4.69) is 13.0 Å². The molecule has 0 aliphatic carbocycles. The van der Waals surface area contributed by atoms with Crippen LogP contribution in [0.1, 0.15) is 22.8 Å². The monoisotopic (exact) mass is 252 g/mol. The van der Waals surface area contributed by atoms with Crippen LogP contribution in [0, 0.1) is 0 Å². The van der Waals surface area contributed by atoms with Crippen molar-refractivity contribution in [2.24, 2.45) is 0 Å². The number of rotatable bonds is 1. The summed E-state index contributed by atoms with van der Waals surface area (Å²) in [5, 5.41) is 0. The molecule has 1 atom stereocenters. The van der Waals surface area contributed by atoms with Gasteiger partial charge in [0.15, 0.2) is 0 Å². The molecule has 1 aliphatic heterocycles. The Bertz CT molecular complexity index is 636. The summed E-state index contributed by atoms with van der Waals surface area (Å²) in [6, 6.07) is 15.4. The Kier molecular flexibility index (Phi) is 2.75. The summed E-state index contributed by atoms with van der Waals surface area (Å²) in [5.74, 6) is 0.0183. The topological polar surface area (TPSA) is 46.3 Å². The van der Waals surface area contributed by atoms with Gasteiger partial charge < -0.3 is 10.6 Å². The molecule has 0 fully saturated rings. The molecule has 0 aromatic heterocycles. The van der Waals surface area contributed by atoms with Crippen molar-refractivity contribution in [3.63, 3.8) is 0 Å². The highest BCUT2D eigenvalue weighted by atomic mass is 16.2. The van der Waals surface area contributed by atoms with Crippen LogP contribution in [0.2, 0.25) is 0 Å². The van der Waals surface area contributed by atoms with Gasteiger partial charge in [-0.3, -0.25) is 4.79 Å². The Morgan fingerprint density at radius 2 is 2.00 bits per heavy atom. The molecule has 0 bridgehead atoms. The highest BCUT2D eigenvalue weighted by molar-refractivity contribution is 6.08. The highest BCUT2D eigenvalue weighted by Gasteiger charge is 2.31. The summed E-state index contributed by atoms with van der Waals surface area (Å²) in [6.45, 7) is 2.07. The van der Waals surface area contributed by atoms with Gasteiger partial charge in [-0.05, 0) is 43.2 Å². The Morgan fingerprint density at radius 1 is 1.21 bits per heavy atom. The Labute approximate surface area is 112 Å². The van der Waals surface area contributed by atoms with E-state index in [-0.39, 0.29) is 11.9 Å². The number of hydrogen-bond acceptors (Lipinski definition) is 2. The smallest absolute Gasteiger partial charge is 0.258 e. The number of nitrogen functional groups attached to an aromatic ring is 1. The van der Waals surface area contributed by atoms with Gasteiger partial charge in [0.25, 0.3) is 5.91 Å². The molecule has 2 aromatic carbocycles. The molecular formula is C16H16N2O. The molecule has 0 spiro atoms. The van der Waals surface area contributed by atoms with Crippen LogP contribution >= 0.6 is 0 Å². The van der Waals surface area contributed by atoms with E-state index in [0.717, 1.165) is 12.1 Å². The van der Waals surface area contributed by atoms with Crippen LogP contribution in [0.25, 0.3) is 0 Å². The number of hydrogen-bond donors (Lipinski definition) is 1. The quantitative estimate of drug-likeness (QED) is 0.793. The van der Waals surface area contributed by atoms with Crippen molar-refractivity contribution >= 4 is 17.3 Å². The molecule has 3 rings (SSSR count). The number of benzene rings is 2. The molecule has 96 valence electrons. The molecular weight excluding hydrogens is 236 g/mol. The predicted molar refractivity (Wildman–Crippen MR) is 77.3 cm³/mol. The van der Waals surface area contributed by atoms with Gasteiger partial charge in [-0.1, -0.05) is 24.3 Å². The van der Waals surface area contributed by atoms with Gasteiger partial charge in [0.2, 0.25) is 0 Å². The van der Waals surface area contributed by atoms with Gasteiger partial charge in [0.05, 0.1) is 0 Å². The maximum atomic E-state index is 12.6. The SMILES string of the molecule is CC1Cc2ccccc2N1C(=O)c1cccc(N)c1. The molecule has 1 amide bonds. The predicted octanol–water partition coefficient (Wildman–Crippen LogP) is 2.86. The maximum absolute atomic E-state index is 12.6. The van der Waals surface area contributed by atoms with Crippen molar-refractivity contribution in [1.29, 1.82) is 0 Å². The first-order valence-electron chi connectivity index (χ1n) is 6.44. The van der Waals surface area contributed by atoms with E-state index < -0.39 is 0 Å². The number of nitrogens with two attached hydrogens (primary N) is 1. The van der Waals surface area contributed by atoms with Crippen molar-refractivity contribution in [3.05, 3.63) is 59.7 Å². The van der Waals surface area contributed by atoms with Crippen molar-refractivity contribution < 1.29 is 4.79 Å². The molecule has 1 aliphatic rings. The third kappa shape index (κ3) is 1.97. The second-order valence-electron chi connectivity index (χ2n) is 4.98. The Morgan fingerprint density at radius 3 is 2.79 bits per heavy atom. The fourth-order valence-corrected chi connectivity index (χ4v) is 2.69. The molecule has 1 unspecified atom stereocenters. The van der Waals surface area contributed by atoms with E-state index in [0.29, 0.717) is 11.3 Å². The van der Waals surface area contributed by atoms with Gasteiger partial charge in [-0.15, -0.1) is 0 Å². The first-order valence-corrected chi connectivity index (χ1v) is 6.44. The summed E-state index contributed by atoms with van der Waals surface area (Å²) in [4.78, 5) is 14.5. The minimum Gasteiger partial charge on any atom is -0.399 e. The maximum Gasteiger partial charge on any atom is 0.258 e. The van der Waals surface area contributed by atoms with Gasteiger partial charge in [-0.25, -0.2) is 0 Å². The molecule has 2 aromatic rings. The van der Waals surface area contributed by atoms with E-state index >= 15 is 0 Å². The van der Waals surface area contributed by atoms with Gasteiger partial charge >= 0.3 is 0 Å². The number of amides is 1. The normalized spacial score (nSPS) is 17.3. The lowest BCUT2D eigenvalue weighted by Gasteiger charge is -2.22. The van der Waals surface area contributed by atoms with E-state index in [1.165, 1.54) is 5.56 Å². The zero-order valence-corrected chi connectivity index (χ0v) is 10.8. The summed E-state index contributed by atoms with van der Waals surface area (Å²) in [6.07, 6.45) is 0.907. The van der Waals surface area contributed by atoms with E-state index in [1.807, 2.05) is 35.2 Å². The number of fused-ring (bicyclic) bond motifs is 1. The Hall–Kier alpha value is -2.29. The first-order chi connectivity index (χ1) is 9.16. The fourth-order valence-electron chi connectivity index (χ4n) is 2.69. The van der Waals surface area contributed by atoms with Crippen LogP contribution in [0.5, 0.6) is 0 Å². The van der Waals surface area contributed by atoms with E-state index in [9.17, 15) is 4.79 Å². The third-order valence-electron chi connectivity index (χ3n) is 3.56. The zero-order valence-electron chi connectivity index (χ0n) is 10.8. The second-order valence-corrected chi connectivity index (χ2v) is 4.98. The third-order valence-corrected chi connectivity index (χ3v) is 3.56. The molecule has 0 saturated carbocycles. The van der Waals surface area contributed by atoms with Crippen LogP contribution in [0.4, 0.5) is 11.4 Å². The minimum absolute atomic E-state index is 0.0183. The van der Waals surface area contributed by atoms with Crippen LogP contribution in [-0.4, -0.2) is 11.9 Å². The molecule has 3 heteroatoms.